The zero-order valence-electron chi connectivity index (χ0n) is 12.2. The zero-order valence-corrected chi connectivity index (χ0v) is 12.2. The van der Waals surface area contributed by atoms with Crippen molar-refractivity contribution in [1.82, 2.24) is 9.55 Å². The van der Waals surface area contributed by atoms with Crippen LogP contribution in [0.15, 0.2) is 42.5 Å². The second kappa shape index (κ2) is 4.62. The largest absolute Gasteiger partial charge is 0.397 e. The van der Waals surface area contributed by atoms with Gasteiger partial charge in [-0.05, 0) is 43.0 Å². The van der Waals surface area contributed by atoms with Gasteiger partial charge in [0, 0.05) is 12.5 Å². The molecule has 0 amide bonds. The minimum absolute atomic E-state index is 0.612. The van der Waals surface area contributed by atoms with Gasteiger partial charge in [0.2, 0.25) is 0 Å². The highest BCUT2D eigenvalue weighted by molar-refractivity contribution is 5.87. The molecule has 106 valence electrons. The number of para-hydroxylation sites is 1. The minimum atomic E-state index is 0.612. The molecule has 0 bridgehead atoms. The number of aromatic nitrogens is 2. The van der Waals surface area contributed by atoms with E-state index in [0.29, 0.717) is 5.92 Å². The predicted octanol–water partition coefficient (Wildman–Crippen LogP) is 3.85. The molecule has 1 fully saturated rings. The molecular formula is C18H19N3. The van der Waals surface area contributed by atoms with Crippen molar-refractivity contribution in [2.24, 2.45) is 0 Å². The summed E-state index contributed by atoms with van der Waals surface area (Å²) in [7, 11) is 0. The number of nitrogen functional groups attached to an aromatic ring is 1. The number of aryl methyl sites for hydroxylation is 1. The average Bonchev–Trinajstić information content (AvgIpc) is 3.25. The number of hydrogen-bond acceptors (Lipinski definition) is 2. The molecule has 0 spiro atoms. The normalized spacial score (nSPS) is 14.7. The molecule has 1 saturated carbocycles. The third-order valence-electron chi connectivity index (χ3n) is 4.37. The number of nitrogens with two attached hydrogens (primary N) is 1. The van der Waals surface area contributed by atoms with Crippen LogP contribution in [0.2, 0.25) is 0 Å². The summed E-state index contributed by atoms with van der Waals surface area (Å²) < 4.78 is 2.35. The van der Waals surface area contributed by atoms with Crippen LogP contribution >= 0.6 is 0 Å². The molecule has 0 radical (unpaired) electrons. The van der Waals surface area contributed by atoms with E-state index in [1.807, 2.05) is 12.1 Å². The smallest absolute Gasteiger partial charge is 0.113 e. The Morgan fingerprint density at radius 1 is 1.14 bits per heavy atom. The fourth-order valence-electron chi connectivity index (χ4n) is 2.96. The van der Waals surface area contributed by atoms with Crippen LogP contribution in [0, 0.1) is 6.92 Å². The predicted molar refractivity (Wildman–Crippen MR) is 86.4 cm³/mol. The molecular weight excluding hydrogens is 258 g/mol. The Morgan fingerprint density at radius 2 is 1.95 bits per heavy atom. The van der Waals surface area contributed by atoms with E-state index in [-0.39, 0.29) is 0 Å². The molecule has 1 aliphatic carbocycles. The fourth-order valence-corrected chi connectivity index (χ4v) is 2.96. The van der Waals surface area contributed by atoms with Crippen molar-refractivity contribution in [2.45, 2.75) is 32.2 Å². The molecule has 0 aliphatic heterocycles. The second-order valence-electron chi connectivity index (χ2n) is 5.97. The van der Waals surface area contributed by atoms with E-state index < -0.39 is 0 Å². The number of rotatable bonds is 3. The molecule has 21 heavy (non-hydrogen) atoms. The number of hydrogen-bond donors (Lipinski definition) is 1. The fraction of sp³-hybridized carbons (Fsp3) is 0.278. The number of anilines is 1. The summed E-state index contributed by atoms with van der Waals surface area (Å²) in [5, 5.41) is 0. The van der Waals surface area contributed by atoms with Gasteiger partial charge in [0.25, 0.3) is 0 Å². The molecule has 0 atom stereocenters. The van der Waals surface area contributed by atoms with E-state index in [4.69, 9.17) is 10.7 Å². The van der Waals surface area contributed by atoms with Crippen molar-refractivity contribution < 1.29 is 0 Å². The minimum Gasteiger partial charge on any atom is -0.397 e. The lowest BCUT2D eigenvalue weighted by atomic mass is 10.1. The first-order valence-electron chi connectivity index (χ1n) is 7.53. The summed E-state index contributed by atoms with van der Waals surface area (Å²) in [6.45, 7) is 3.04. The lowest BCUT2D eigenvalue weighted by Gasteiger charge is -2.11. The van der Waals surface area contributed by atoms with Crippen LogP contribution < -0.4 is 5.73 Å². The van der Waals surface area contributed by atoms with Gasteiger partial charge >= 0.3 is 0 Å². The summed E-state index contributed by atoms with van der Waals surface area (Å²) in [6, 6.07) is 14.6. The number of imidazole rings is 1. The Balaban J connectivity index is 1.88. The van der Waals surface area contributed by atoms with E-state index in [2.05, 4.69) is 41.8 Å². The topological polar surface area (TPSA) is 43.8 Å². The van der Waals surface area contributed by atoms with E-state index in [0.717, 1.165) is 23.3 Å². The first-order valence-corrected chi connectivity index (χ1v) is 7.53. The molecule has 0 unspecified atom stereocenters. The van der Waals surface area contributed by atoms with Crippen molar-refractivity contribution in [3.8, 4) is 0 Å². The Bertz CT molecular complexity index is 812. The van der Waals surface area contributed by atoms with E-state index in [1.54, 1.807) is 0 Å². The van der Waals surface area contributed by atoms with Crippen molar-refractivity contribution >= 4 is 16.7 Å². The quantitative estimate of drug-likeness (QED) is 0.739. The highest BCUT2D eigenvalue weighted by atomic mass is 15.1. The molecule has 2 aromatic carbocycles. The van der Waals surface area contributed by atoms with Crippen molar-refractivity contribution in [3.63, 3.8) is 0 Å². The molecule has 4 rings (SSSR count). The summed E-state index contributed by atoms with van der Waals surface area (Å²) in [6.07, 6.45) is 2.49. The standard InChI is InChI=1S/C18H19N3/c1-12-5-2-3-6-14(12)11-21-16-8-4-7-15(19)17(16)20-18(21)13-9-10-13/h2-8,13H,9-11,19H2,1H3. The molecule has 3 nitrogen and oxygen atoms in total. The van der Waals surface area contributed by atoms with Crippen LogP contribution in [0.5, 0.6) is 0 Å². The van der Waals surface area contributed by atoms with Crippen LogP contribution in [-0.2, 0) is 6.54 Å². The van der Waals surface area contributed by atoms with E-state index >= 15 is 0 Å². The Morgan fingerprint density at radius 3 is 2.71 bits per heavy atom. The summed E-state index contributed by atoms with van der Waals surface area (Å²) >= 11 is 0. The van der Waals surface area contributed by atoms with Crippen molar-refractivity contribution in [3.05, 3.63) is 59.4 Å². The first-order chi connectivity index (χ1) is 10.2. The maximum Gasteiger partial charge on any atom is 0.113 e. The van der Waals surface area contributed by atoms with Crippen LogP contribution in [0.25, 0.3) is 11.0 Å². The third-order valence-corrected chi connectivity index (χ3v) is 4.37. The summed E-state index contributed by atoms with van der Waals surface area (Å²) in [4.78, 5) is 4.84. The zero-order chi connectivity index (χ0) is 14.4. The first kappa shape index (κ1) is 12.5. The molecule has 0 saturated heterocycles. The van der Waals surface area contributed by atoms with Crippen LogP contribution in [-0.4, -0.2) is 9.55 Å². The van der Waals surface area contributed by atoms with Gasteiger partial charge < -0.3 is 10.3 Å². The van der Waals surface area contributed by atoms with Gasteiger partial charge in [-0.2, -0.15) is 0 Å². The SMILES string of the molecule is Cc1ccccc1Cn1c(C2CC2)nc2c(N)cccc21. The number of fused-ring (bicyclic) bond motifs is 1. The lowest BCUT2D eigenvalue weighted by Crippen LogP contribution is -2.05. The Hall–Kier alpha value is -2.29. The number of benzene rings is 2. The molecule has 3 heteroatoms. The second-order valence-corrected chi connectivity index (χ2v) is 5.97. The highest BCUT2D eigenvalue weighted by Gasteiger charge is 2.30. The van der Waals surface area contributed by atoms with Gasteiger partial charge in [-0.1, -0.05) is 30.3 Å². The van der Waals surface area contributed by atoms with E-state index in [9.17, 15) is 0 Å². The summed E-state index contributed by atoms with van der Waals surface area (Å²) in [5.74, 6) is 1.81. The van der Waals surface area contributed by atoms with Crippen LogP contribution in [0.3, 0.4) is 0 Å². The molecule has 1 aromatic heterocycles. The highest BCUT2D eigenvalue weighted by Crippen LogP contribution is 2.41. The van der Waals surface area contributed by atoms with Gasteiger partial charge in [0.05, 0.1) is 11.2 Å². The average molecular weight is 277 g/mol. The number of nitrogens with zero attached hydrogens (tertiary/aromatic N) is 2. The molecule has 1 aliphatic rings. The molecule has 1 heterocycles. The van der Waals surface area contributed by atoms with Gasteiger partial charge in [0.1, 0.15) is 11.3 Å². The molecule has 3 aromatic rings. The lowest BCUT2D eigenvalue weighted by molar-refractivity contribution is 0.744. The van der Waals surface area contributed by atoms with Gasteiger partial charge in [-0.15, -0.1) is 0 Å². The van der Waals surface area contributed by atoms with Crippen LogP contribution in [0.1, 0.15) is 35.7 Å². The van der Waals surface area contributed by atoms with Gasteiger partial charge in [-0.3, -0.25) is 0 Å². The maximum absolute atomic E-state index is 6.11. The molecule has 2 N–H and O–H groups in total. The Kier molecular flexibility index (Phi) is 2.74. The van der Waals surface area contributed by atoms with Crippen LogP contribution in [0.4, 0.5) is 5.69 Å². The Labute approximate surface area is 124 Å². The summed E-state index contributed by atoms with van der Waals surface area (Å²) in [5.41, 5.74) is 11.7. The monoisotopic (exact) mass is 277 g/mol. The van der Waals surface area contributed by atoms with Gasteiger partial charge in [-0.25, -0.2) is 4.98 Å². The van der Waals surface area contributed by atoms with Crippen molar-refractivity contribution in [1.29, 1.82) is 0 Å². The van der Waals surface area contributed by atoms with Crippen molar-refractivity contribution in [2.75, 3.05) is 5.73 Å². The third kappa shape index (κ3) is 2.09. The maximum atomic E-state index is 6.11. The van der Waals surface area contributed by atoms with Gasteiger partial charge in [0.15, 0.2) is 0 Å². The van der Waals surface area contributed by atoms with E-state index in [1.165, 1.54) is 29.8 Å².